The maximum Gasteiger partial charge on any atom is 0.261 e. The van der Waals surface area contributed by atoms with Gasteiger partial charge in [0.2, 0.25) is 0 Å². The summed E-state index contributed by atoms with van der Waals surface area (Å²) < 4.78 is 34.4. The lowest BCUT2D eigenvalue weighted by molar-refractivity contribution is -0.0557. The first-order chi connectivity index (χ1) is 7.68. The molecule has 0 fully saturated rings. The van der Waals surface area contributed by atoms with Crippen molar-refractivity contribution in [3.8, 4) is 5.75 Å². The Balaban J connectivity index is 2.06. The third-order valence-electron chi connectivity index (χ3n) is 2.52. The van der Waals surface area contributed by atoms with Crippen LogP contribution in [0, 0.1) is 0 Å². The summed E-state index contributed by atoms with van der Waals surface area (Å²) >= 11 is 0. The van der Waals surface area contributed by atoms with Crippen molar-refractivity contribution in [2.24, 2.45) is 5.73 Å². The van der Waals surface area contributed by atoms with E-state index in [9.17, 15) is 8.78 Å². The van der Waals surface area contributed by atoms with Gasteiger partial charge in [-0.25, -0.2) is 8.78 Å². The van der Waals surface area contributed by atoms with Crippen LogP contribution in [-0.4, -0.2) is 25.7 Å². The molecule has 2 atom stereocenters. The summed E-state index contributed by atoms with van der Waals surface area (Å²) in [6.45, 7) is -0.394. The SMILES string of the molecule is NC1c2ccccc2OCC1OCC(F)F. The van der Waals surface area contributed by atoms with Crippen LogP contribution in [0.3, 0.4) is 0 Å². The molecule has 1 aromatic carbocycles. The van der Waals surface area contributed by atoms with Gasteiger partial charge in [-0.15, -0.1) is 0 Å². The minimum Gasteiger partial charge on any atom is -0.490 e. The summed E-state index contributed by atoms with van der Waals surface area (Å²) in [6, 6.07) is 6.88. The molecule has 3 nitrogen and oxygen atoms in total. The van der Waals surface area contributed by atoms with E-state index in [-0.39, 0.29) is 6.61 Å². The van der Waals surface area contributed by atoms with Crippen molar-refractivity contribution in [3.63, 3.8) is 0 Å². The molecule has 0 spiro atoms. The Morgan fingerprint density at radius 2 is 2.19 bits per heavy atom. The number of ether oxygens (including phenoxy) is 2. The molecule has 0 aromatic heterocycles. The molecule has 0 amide bonds. The van der Waals surface area contributed by atoms with Gasteiger partial charge in [-0.3, -0.25) is 0 Å². The highest BCUT2D eigenvalue weighted by Gasteiger charge is 2.29. The number of fused-ring (bicyclic) bond motifs is 1. The highest BCUT2D eigenvalue weighted by atomic mass is 19.3. The lowest BCUT2D eigenvalue weighted by atomic mass is 9.99. The second-order valence-corrected chi connectivity index (χ2v) is 3.64. The zero-order chi connectivity index (χ0) is 11.5. The highest BCUT2D eigenvalue weighted by Crippen LogP contribution is 2.31. The number of rotatable bonds is 3. The summed E-state index contributed by atoms with van der Waals surface area (Å²) in [6.07, 6.45) is -2.99. The Kier molecular flexibility index (Phi) is 3.36. The van der Waals surface area contributed by atoms with Crippen molar-refractivity contribution >= 4 is 0 Å². The lowest BCUT2D eigenvalue weighted by Gasteiger charge is -2.30. The number of hydrogen-bond acceptors (Lipinski definition) is 3. The van der Waals surface area contributed by atoms with E-state index in [0.717, 1.165) is 5.56 Å². The first kappa shape index (κ1) is 11.3. The molecular formula is C11H13F2NO2. The van der Waals surface area contributed by atoms with E-state index in [1.807, 2.05) is 18.2 Å². The largest absolute Gasteiger partial charge is 0.490 e. The topological polar surface area (TPSA) is 44.5 Å². The van der Waals surface area contributed by atoms with Crippen LogP contribution in [0.15, 0.2) is 24.3 Å². The molecule has 0 saturated carbocycles. The molecule has 0 radical (unpaired) electrons. The zero-order valence-electron chi connectivity index (χ0n) is 8.61. The maximum absolute atomic E-state index is 12.0. The van der Waals surface area contributed by atoms with Gasteiger partial charge in [0.1, 0.15) is 25.1 Å². The Hall–Kier alpha value is -1.20. The molecule has 0 aliphatic carbocycles. The van der Waals surface area contributed by atoms with Crippen molar-refractivity contribution in [2.45, 2.75) is 18.6 Å². The molecule has 2 N–H and O–H groups in total. The highest BCUT2D eigenvalue weighted by molar-refractivity contribution is 5.38. The first-order valence-corrected chi connectivity index (χ1v) is 5.05. The van der Waals surface area contributed by atoms with Crippen molar-refractivity contribution in [3.05, 3.63) is 29.8 Å². The monoisotopic (exact) mass is 229 g/mol. The fourth-order valence-corrected chi connectivity index (χ4v) is 1.71. The molecule has 16 heavy (non-hydrogen) atoms. The van der Waals surface area contributed by atoms with Crippen molar-refractivity contribution in [2.75, 3.05) is 13.2 Å². The predicted molar refractivity (Wildman–Crippen MR) is 54.6 cm³/mol. The Morgan fingerprint density at radius 1 is 1.44 bits per heavy atom. The van der Waals surface area contributed by atoms with E-state index in [2.05, 4.69) is 0 Å². The average molecular weight is 229 g/mol. The van der Waals surface area contributed by atoms with Crippen LogP contribution >= 0.6 is 0 Å². The Morgan fingerprint density at radius 3 is 2.94 bits per heavy atom. The Bertz CT molecular complexity index is 360. The van der Waals surface area contributed by atoms with Crippen molar-refractivity contribution in [1.82, 2.24) is 0 Å². The van der Waals surface area contributed by atoms with Gasteiger partial charge >= 0.3 is 0 Å². The fraction of sp³-hybridized carbons (Fsp3) is 0.455. The average Bonchev–Trinajstić information content (AvgIpc) is 2.28. The van der Waals surface area contributed by atoms with Gasteiger partial charge < -0.3 is 15.2 Å². The van der Waals surface area contributed by atoms with Crippen molar-refractivity contribution in [1.29, 1.82) is 0 Å². The molecule has 1 heterocycles. The summed E-state index contributed by atoms with van der Waals surface area (Å²) in [4.78, 5) is 0. The third kappa shape index (κ3) is 2.31. The van der Waals surface area contributed by atoms with Crippen LogP contribution in [0.5, 0.6) is 5.75 Å². The first-order valence-electron chi connectivity index (χ1n) is 5.05. The van der Waals surface area contributed by atoms with Gasteiger partial charge in [-0.1, -0.05) is 18.2 Å². The van der Waals surface area contributed by atoms with Crippen LogP contribution < -0.4 is 10.5 Å². The van der Waals surface area contributed by atoms with Crippen LogP contribution in [0.25, 0.3) is 0 Å². The smallest absolute Gasteiger partial charge is 0.261 e. The lowest BCUT2D eigenvalue weighted by Crippen LogP contribution is -2.38. The van der Waals surface area contributed by atoms with Gasteiger partial charge in [0, 0.05) is 5.56 Å². The standard InChI is InChI=1S/C11H13F2NO2/c12-10(13)6-16-9-5-15-8-4-2-1-3-7(8)11(9)14/h1-4,9-11H,5-6,14H2. The minimum atomic E-state index is -2.48. The molecule has 2 unspecified atom stereocenters. The summed E-state index contributed by atoms with van der Waals surface area (Å²) in [7, 11) is 0. The zero-order valence-corrected chi connectivity index (χ0v) is 8.61. The molecule has 1 aromatic rings. The van der Waals surface area contributed by atoms with Gasteiger partial charge in [0.15, 0.2) is 0 Å². The van der Waals surface area contributed by atoms with Gasteiger partial charge in [0.25, 0.3) is 6.43 Å². The summed E-state index contributed by atoms with van der Waals surface area (Å²) in [5.41, 5.74) is 6.73. The van der Waals surface area contributed by atoms with Gasteiger partial charge in [-0.2, -0.15) is 0 Å². The van der Waals surface area contributed by atoms with E-state index >= 15 is 0 Å². The number of alkyl halides is 2. The number of hydrogen-bond donors (Lipinski definition) is 1. The second-order valence-electron chi connectivity index (χ2n) is 3.64. The normalized spacial score (nSPS) is 24.0. The fourth-order valence-electron chi connectivity index (χ4n) is 1.71. The van der Waals surface area contributed by atoms with E-state index < -0.39 is 25.2 Å². The number of para-hydroxylation sites is 1. The van der Waals surface area contributed by atoms with E-state index in [0.29, 0.717) is 5.75 Å². The number of nitrogens with two attached hydrogens (primary N) is 1. The maximum atomic E-state index is 12.0. The van der Waals surface area contributed by atoms with E-state index in [1.54, 1.807) is 6.07 Å². The summed E-state index contributed by atoms with van der Waals surface area (Å²) in [5.74, 6) is 0.701. The van der Waals surface area contributed by atoms with Crippen LogP contribution in [0.2, 0.25) is 0 Å². The molecule has 0 bridgehead atoms. The molecule has 2 rings (SSSR count). The molecule has 0 saturated heterocycles. The van der Waals surface area contributed by atoms with Crippen LogP contribution in [0.4, 0.5) is 8.78 Å². The van der Waals surface area contributed by atoms with Gasteiger partial charge in [-0.05, 0) is 6.07 Å². The van der Waals surface area contributed by atoms with Crippen molar-refractivity contribution < 1.29 is 18.3 Å². The second kappa shape index (κ2) is 4.76. The van der Waals surface area contributed by atoms with Crippen LogP contribution in [0.1, 0.15) is 11.6 Å². The molecule has 88 valence electrons. The molecular weight excluding hydrogens is 216 g/mol. The van der Waals surface area contributed by atoms with E-state index in [1.165, 1.54) is 0 Å². The number of halogens is 2. The van der Waals surface area contributed by atoms with E-state index in [4.69, 9.17) is 15.2 Å². The molecule has 1 aliphatic heterocycles. The number of benzene rings is 1. The summed E-state index contributed by atoms with van der Waals surface area (Å²) in [5, 5.41) is 0. The van der Waals surface area contributed by atoms with Gasteiger partial charge in [0.05, 0.1) is 6.04 Å². The third-order valence-corrected chi connectivity index (χ3v) is 2.52. The molecule has 1 aliphatic rings. The minimum absolute atomic E-state index is 0.213. The molecule has 5 heteroatoms. The Labute approximate surface area is 92.1 Å². The van der Waals surface area contributed by atoms with Crippen LogP contribution in [-0.2, 0) is 4.74 Å². The predicted octanol–water partition coefficient (Wildman–Crippen LogP) is 1.73. The quantitative estimate of drug-likeness (QED) is 0.858.